The van der Waals surface area contributed by atoms with Crippen LogP contribution in [0.5, 0.6) is 0 Å². The maximum absolute atomic E-state index is 12.7. The summed E-state index contributed by atoms with van der Waals surface area (Å²) in [7, 11) is 0. The SMILES string of the molecule is CCOC(=O)N1CCc2c(sc3nc4n(c(=O)c23)CCS4)C1. The molecule has 0 saturated heterocycles. The number of aromatic nitrogens is 2. The van der Waals surface area contributed by atoms with Crippen LogP contribution in [0.3, 0.4) is 0 Å². The summed E-state index contributed by atoms with van der Waals surface area (Å²) in [5.41, 5.74) is 1.15. The van der Waals surface area contributed by atoms with Gasteiger partial charge in [-0.2, -0.15) is 0 Å². The van der Waals surface area contributed by atoms with E-state index >= 15 is 0 Å². The predicted molar refractivity (Wildman–Crippen MR) is 85.7 cm³/mol. The van der Waals surface area contributed by atoms with Gasteiger partial charge in [0, 0.05) is 23.7 Å². The summed E-state index contributed by atoms with van der Waals surface area (Å²) in [5.74, 6) is 0.915. The second-order valence-electron chi connectivity index (χ2n) is 5.25. The summed E-state index contributed by atoms with van der Waals surface area (Å²) >= 11 is 3.16. The molecule has 0 aliphatic carbocycles. The second-order valence-corrected chi connectivity index (χ2v) is 7.40. The fraction of sp³-hybridized carbons (Fsp3) is 0.500. The predicted octanol–water partition coefficient (Wildman–Crippen LogP) is 2.08. The third-order valence-corrected chi connectivity index (χ3v) is 6.06. The summed E-state index contributed by atoms with van der Waals surface area (Å²) in [4.78, 5) is 32.8. The molecule has 0 unspecified atom stereocenters. The summed E-state index contributed by atoms with van der Waals surface area (Å²) in [6.07, 6.45) is 0.408. The molecule has 1 amide bonds. The van der Waals surface area contributed by atoms with E-state index in [0.717, 1.165) is 38.1 Å². The van der Waals surface area contributed by atoms with E-state index in [1.165, 1.54) is 11.3 Å². The van der Waals surface area contributed by atoms with E-state index in [-0.39, 0.29) is 11.7 Å². The van der Waals surface area contributed by atoms with E-state index in [2.05, 4.69) is 4.98 Å². The molecule has 4 heterocycles. The molecule has 6 nitrogen and oxygen atoms in total. The molecular formula is C14H15N3O3S2. The van der Waals surface area contributed by atoms with Gasteiger partial charge in [-0.15, -0.1) is 11.3 Å². The quantitative estimate of drug-likeness (QED) is 0.746. The van der Waals surface area contributed by atoms with Crippen LogP contribution in [0.2, 0.25) is 0 Å². The highest BCUT2D eigenvalue weighted by Gasteiger charge is 2.28. The van der Waals surface area contributed by atoms with Crippen LogP contribution in [0, 0.1) is 0 Å². The van der Waals surface area contributed by atoms with Crippen LogP contribution < -0.4 is 5.56 Å². The minimum atomic E-state index is -0.284. The zero-order valence-electron chi connectivity index (χ0n) is 12.1. The van der Waals surface area contributed by atoms with Crippen LogP contribution in [0.15, 0.2) is 9.95 Å². The van der Waals surface area contributed by atoms with Gasteiger partial charge in [0.05, 0.1) is 18.5 Å². The average molecular weight is 337 g/mol. The number of thiophene rings is 1. The molecule has 2 aliphatic rings. The van der Waals surface area contributed by atoms with Gasteiger partial charge >= 0.3 is 6.09 Å². The zero-order chi connectivity index (χ0) is 15.3. The number of amides is 1. The Hall–Kier alpha value is -1.54. The van der Waals surface area contributed by atoms with Gasteiger partial charge in [-0.25, -0.2) is 9.78 Å². The van der Waals surface area contributed by atoms with Crippen molar-refractivity contribution in [1.82, 2.24) is 14.5 Å². The second kappa shape index (κ2) is 5.27. The lowest BCUT2D eigenvalue weighted by atomic mass is 10.1. The standard InChI is InChI=1S/C14H15N3O3S2/c1-2-20-14(19)16-4-3-8-9(7-16)22-11-10(8)12(18)17-5-6-21-13(17)15-11/h2-7H2,1H3. The highest BCUT2D eigenvalue weighted by molar-refractivity contribution is 7.99. The third kappa shape index (κ3) is 2.04. The number of nitrogens with zero attached hydrogens (tertiary/aromatic N) is 3. The lowest BCUT2D eigenvalue weighted by Crippen LogP contribution is -2.36. The van der Waals surface area contributed by atoms with Crippen molar-refractivity contribution in [3.8, 4) is 0 Å². The molecule has 0 atom stereocenters. The fourth-order valence-electron chi connectivity index (χ4n) is 2.96. The molecule has 0 radical (unpaired) electrons. The number of ether oxygens (including phenoxy) is 1. The highest BCUT2D eigenvalue weighted by atomic mass is 32.2. The van der Waals surface area contributed by atoms with Crippen molar-refractivity contribution in [2.75, 3.05) is 18.9 Å². The van der Waals surface area contributed by atoms with E-state index in [1.807, 2.05) is 0 Å². The maximum atomic E-state index is 12.7. The Morgan fingerprint density at radius 3 is 3.09 bits per heavy atom. The Balaban J connectivity index is 1.78. The van der Waals surface area contributed by atoms with Crippen LogP contribution in [0.4, 0.5) is 4.79 Å². The van der Waals surface area contributed by atoms with Gasteiger partial charge in [0.1, 0.15) is 4.83 Å². The van der Waals surface area contributed by atoms with E-state index < -0.39 is 0 Å². The molecule has 0 fully saturated rings. The fourth-order valence-corrected chi connectivity index (χ4v) is 5.19. The first-order chi connectivity index (χ1) is 10.7. The van der Waals surface area contributed by atoms with Crippen LogP contribution in [0.1, 0.15) is 17.4 Å². The molecule has 0 N–H and O–H groups in total. The van der Waals surface area contributed by atoms with Gasteiger partial charge < -0.3 is 9.64 Å². The molecule has 116 valence electrons. The molecule has 0 aromatic carbocycles. The number of hydrogen-bond acceptors (Lipinski definition) is 6. The number of fused-ring (bicyclic) bond motifs is 4. The van der Waals surface area contributed by atoms with Crippen molar-refractivity contribution in [1.29, 1.82) is 0 Å². The first kappa shape index (κ1) is 14.1. The first-order valence-corrected chi connectivity index (χ1v) is 9.09. The van der Waals surface area contributed by atoms with Crippen molar-refractivity contribution in [3.63, 3.8) is 0 Å². The van der Waals surface area contributed by atoms with Crippen LogP contribution in [-0.2, 0) is 24.2 Å². The number of hydrogen-bond donors (Lipinski definition) is 0. The minimum absolute atomic E-state index is 0.0760. The Kier molecular flexibility index (Phi) is 3.37. The number of thioether (sulfide) groups is 1. The van der Waals surface area contributed by atoms with Crippen LogP contribution in [0.25, 0.3) is 10.2 Å². The van der Waals surface area contributed by atoms with Gasteiger partial charge in [-0.05, 0) is 18.9 Å². The van der Waals surface area contributed by atoms with Crippen molar-refractivity contribution in [3.05, 3.63) is 20.8 Å². The topological polar surface area (TPSA) is 64.4 Å². The molecule has 0 saturated carbocycles. The summed E-state index contributed by atoms with van der Waals surface area (Å²) in [5, 5.41) is 1.58. The Labute approximate surface area is 135 Å². The molecular weight excluding hydrogens is 322 g/mol. The van der Waals surface area contributed by atoms with Gasteiger partial charge in [0.15, 0.2) is 5.16 Å². The summed E-state index contributed by atoms with van der Waals surface area (Å²) in [6.45, 7) is 4.02. The molecule has 0 spiro atoms. The van der Waals surface area contributed by atoms with E-state index in [0.29, 0.717) is 26.1 Å². The Morgan fingerprint density at radius 2 is 2.27 bits per heavy atom. The van der Waals surface area contributed by atoms with Crippen LogP contribution >= 0.6 is 23.1 Å². The van der Waals surface area contributed by atoms with E-state index in [1.54, 1.807) is 28.2 Å². The van der Waals surface area contributed by atoms with Crippen molar-refractivity contribution >= 4 is 39.4 Å². The normalized spacial score (nSPS) is 16.7. The maximum Gasteiger partial charge on any atom is 0.410 e. The van der Waals surface area contributed by atoms with Gasteiger partial charge in [0.2, 0.25) is 0 Å². The minimum Gasteiger partial charge on any atom is -0.450 e. The van der Waals surface area contributed by atoms with Crippen molar-refractivity contribution in [2.24, 2.45) is 0 Å². The van der Waals surface area contributed by atoms with Crippen LogP contribution in [-0.4, -0.2) is 39.4 Å². The zero-order valence-corrected chi connectivity index (χ0v) is 13.8. The monoisotopic (exact) mass is 337 g/mol. The molecule has 22 heavy (non-hydrogen) atoms. The molecule has 2 aromatic rings. The smallest absolute Gasteiger partial charge is 0.410 e. The van der Waals surface area contributed by atoms with Gasteiger partial charge in [-0.1, -0.05) is 11.8 Å². The van der Waals surface area contributed by atoms with Crippen molar-refractivity contribution < 1.29 is 9.53 Å². The number of carbonyl (C=O) groups excluding carboxylic acids is 1. The molecule has 8 heteroatoms. The first-order valence-electron chi connectivity index (χ1n) is 7.28. The Bertz CT molecular complexity index is 827. The largest absolute Gasteiger partial charge is 0.450 e. The lowest BCUT2D eigenvalue weighted by Gasteiger charge is -2.25. The average Bonchev–Trinajstić information content (AvgIpc) is 3.10. The number of rotatable bonds is 1. The molecule has 0 bridgehead atoms. The molecule has 2 aromatic heterocycles. The van der Waals surface area contributed by atoms with E-state index in [9.17, 15) is 9.59 Å². The molecule has 2 aliphatic heterocycles. The molecule has 4 rings (SSSR count). The summed E-state index contributed by atoms with van der Waals surface area (Å²) < 4.78 is 6.84. The van der Waals surface area contributed by atoms with Crippen molar-refractivity contribution in [2.45, 2.75) is 31.6 Å². The lowest BCUT2D eigenvalue weighted by molar-refractivity contribution is 0.103. The summed E-state index contributed by atoms with van der Waals surface area (Å²) in [6, 6.07) is 0. The highest BCUT2D eigenvalue weighted by Crippen LogP contribution is 2.34. The van der Waals surface area contributed by atoms with Gasteiger partial charge in [-0.3, -0.25) is 9.36 Å². The Morgan fingerprint density at radius 1 is 1.41 bits per heavy atom. The third-order valence-electron chi connectivity index (χ3n) is 4.00. The number of carbonyl (C=O) groups is 1. The van der Waals surface area contributed by atoms with Gasteiger partial charge in [0.25, 0.3) is 5.56 Å². The van der Waals surface area contributed by atoms with E-state index in [4.69, 9.17) is 4.74 Å².